The predicted octanol–water partition coefficient (Wildman–Crippen LogP) is 4.88. The first-order valence-corrected chi connectivity index (χ1v) is 8.13. The summed E-state index contributed by atoms with van der Waals surface area (Å²) >= 11 is 1.41. The minimum atomic E-state index is 0.0126. The highest BCUT2D eigenvalue weighted by Crippen LogP contribution is 2.23. The molecule has 0 aromatic heterocycles. The number of carbonyl (C=O) groups excluding carboxylic acids is 1. The highest BCUT2D eigenvalue weighted by molar-refractivity contribution is 8.13. The molecule has 0 aliphatic heterocycles. The van der Waals surface area contributed by atoms with E-state index in [4.69, 9.17) is 0 Å². The maximum Gasteiger partial charge on any atom is 0.192 e. The fourth-order valence-electron chi connectivity index (χ4n) is 2.21. The van der Waals surface area contributed by atoms with Crippen molar-refractivity contribution in [3.05, 3.63) is 84.4 Å². The van der Waals surface area contributed by atoms with Gasteiger partial charge in [-0.15, -0.1) is 6.58 Å². The van der Waals surface area contributed by atoms with Crippen LogP contribution in [0.4, 0.5) is 0 Å². The summed E-state index contributed by atoms with van der Waals surface area (Å²) in [5, 5.41) is 0.252. The van der Waals surface area contributed by atoms with E-state index in [-0.39, 0.29) is 11.0 Å². The van der Waals surface area contributed by atoms with E-state index >= 15 is 0 Å². The van der Waals surface area contributed by atoms with Crippen molar-refractivity contribution in [1.82, 2.24) is 0 Å². The van der Waals surface area contributed by atoms with Gasteiger partial charge in [-0.05, 0) is 24.0 Å². The lowest BCUT2D eigenvalue weighted by atomic mass is 9.97. The van der Waals surface area contributed by atoms with Gasteiger partial charge in [0.25, 0.3) is 0 Å². The number of rotatable bonds is 7. The quantitative estimate of drug-likeness (QED) is 0.677. The van der Waals surface area contributed by atoms with E-state index < -0.39 is 0 Å². The summed E-state index contributed by atoms with van der Waals surface area (Å²) in [5.74, 6) is 0.751. The van der Waals surface area contributed by atoms with E-state index in [2.05, 4.69) is 30.8 Å². The molecule has 1 atom stereocenters. The number of benzene rings is 2. The Hall–Kier alpha value is -1.80. The monoisotopic (exact) mass is 296 g/mol. The van der Waals surface area contributed by atoms with Crippen LogP contribution in [-0.4, -0.2) is 5.12 Å². The smallest absolute Gasteiger partial charge is 0.192 e. The third-order valence-corrected chi connectivity index (χ3v) is 4.43. The molecule has 1 nitrogen and oxygen atoms in total. The zero-order valence-electron chi connectivity index (χ0n) is 12.1. The third-order valence-electron chi connectivity index (χ3n) is 3.33. The largest absolute Gasteiger partial charge is 0.287 e. The lowest BCUT2D eigenvalue weighted by Crippen LogP contribution is -2.13. The summed E-state index contributed by atoms with van der Waals surface area (Å²) in [6, 6.07) is 20.3. The molecule has 108 valence electrons. The molecule has 2 aromatic carbocycles. The Bertz CT molecular complexity index is 563. The van der Waals surface area contributed by atoms with Crippen LogP contribution in [0.2, 0.25) is 0 Å². The molecular weight excluding hydrogens is 276 g/mol. The number of hydrogen-bond donors (Lipinski definition) is 0. The van der Waals surface area contributed by atoms with E-state index in [9.17, 15) is 4.79 Å². The lowest BCUT2D eigenvalue weighted by molar-refractivity contribution is -0.114. The fraction of sp³-hybridized carbons (Fsp3) is 0.211. The first kappa shape index (κ1) is 15.6. The van der Waals surface area contributed by atoms with E-state index in [0.29, 0.717) is 0 Å². The average Bonchev–Trinajstić information content (AvgIpc) is 2.54. The van der Waals surface area contributed by atoms with Gasteiger partial charge >= 0.3 is 0 Å². The van der Waals surface area contributed by atoms with Gasteiger partial charge in [-0.2, -0.15) is 0 Å². The van der Waals surface area contributed by atoms with E-state index in [1.165, 1.54) is 22.9 Å². The van der Waals surface area contributed by atoms with Gasteiger partial charge in [0.05, 0.1) is 0 Å². The van der Waals surface area contributed by atoms with Gasteiger partial charge in [0.15, 0.2) is 5.12 Å². The molecule has 2 heteroatoms. The second kappa shape index (κ2) is 8.48. The topological polar surface area (TPSA) is 17.1 Å². The molecule has 0 aliphatic rings. The van der Waals surface area contributed by atoms with E-state index in [1.54, 1.807) is 0 Å². The number of allylic oxidation sites excluding steroid dienone is 1. The van der Waals surface area contributed by atoms with Crippen molar-refractivity contribution in [1.29, 1.82) is 0 Å². The highest BCUT2D eigenvalue weighted by atomic mass is 32.2. The maximum absolute atomic E-state index is 12.4. The van der Waals surface area contributed by atoms with Crippen LogP contribution in [0, 0.1) is 5.92 Å². The summed E-state index contributed by atoms with van der Waals surface area (Å²) in [6.45, 7) is 3.78. The van der Waals surface area contributed by atoms with E-state index in [1.807, 2.05) is 42.5 Å². The van der Waals surface area contributed by atoms with Crippen LogP contribution >= 0.6 is 11.8 Å². The second-order valence-corrected chi connectivity index (χ2v) is 5.98. The Morgan fingerprint density at radius 3 is 2.14 bits per heavy atom. The molecule has 0 radical (unpaired) electrons. The summed E-state index contributed by atoms with van der Waals surface area (Å²) < 4.78 is 0. The number of thioether (sulfide) groups is 1. The van der Waals surface area contributed by atoms with Crippen molar-refractivity contribution in [3.63, 3.8) is 0 Å². The molecule has 0 aliphatic carbocycles. The predicted molar refractivity (Wildman–Crippen MR) is 91.2 cm³/mol. The van der Waals surface area contributed by atoms with Gasteiger partial charge < -0.3 is 0 Å². The molecule has 21 heavy (non-hydrogen) atoms. The molecule has 0 fully saturated rings. The molecule has 0 saturated carbocycles. The average molecular weight is 296 g/mol. The van der Waals surface area contributed by atoms with Crippen LogP contribution < -0.4 is 0 Å². The molecular formula is C19H20OS. The van der Waals surface area contributed by atoms with Crippen molar-refractivity contribution in [3.8, 4) is 0 Å². The van der Waals surface area contributed by atoms with Crippen LogP contribution in [0.25, 0.3) is 0 Å². The van der Waals surface area contributed by atoms with Gasteiger partial charge in [0.1, 0.15) is 0 Å². The van der Waals surface area contributed by atoms with Crippen molar-refractivity contribution in [2.45, 2.75) is 18.6 Å². The Morgan fingerprint density at radius 1 is 1.00 bits per heavy atom. The molecule has 0 bridgehead atoms. The normalized spacial score (nSPS) is 11.8. The first-order chi connectivity index (χ1) is 10.3. The molecule has 0 saturated heterocycles. The zero-order chi connectivity index (χ0) is 14.9. The molecule has 2 aromatic rings. The molecule has 0 amide bonds. The summed E-state index contributed by atoms with van der Waals surface area (Å²) in [6.07, 6.45) is 3.36. The second-order valence-electron chi connectivity index (χ2n) is 5.00. The van der Waals surface area contributed by atoms with Gasteiger partial charge in [0, 0.05) is 11.7 Å². The van der Waals surface area contributed by atoms with Gasteiger partial charge in [-0.3, -0.25) is 4.79 Å². The maximum atomic E-state index is 12.4. The SMILES string of the molecule is C=CC[C@@H](Cc1ccccc1)C(=O)SCc1ccccc1. The number of carbonyl (C=O) groups is 1. The van der Waals surface area contributed by atoms with Crippen LogP contribution in [-0.2, 0) is 17.0 Å². The first-order valence-electron chi connectivity index (χ1n) is 7.15. The Labute approximate surface area is 131 Å². The Morgan fingerprint density at radius 2 is 1.57 bits per heavy atom. The minimum Gasteiger partial charge on any atom is -0.287 e. The summed E-state index contributed by atoms with van der Waals surface area (Å²) in [7, 11) is 0. The van der Waals surface area contributed by atoms with Crippen molar-refractivity contribution in [2.24, 2.45) is 5.92 Å². The minimum absolute atomic E-state index is 0.0126. The van der Waals surface area contributed by atoms with Gasteiger partial charge in [-0.1, -0.05) is 78.5 Å². The highest BCUT2D eigenvalue weighted by Gasteiger charge is 2.18. The fourth-order valence-corrected chi connectivity index (χ4v) is 3.13. The lowest BCUT2D eigenvalue weighted by Gasteiger charge is -2.13. The van der Waals surface area contributed by atoms with Crippen molar-refractivity contribution < 1.29 is 4.79 Å². The zero-order valence-corrected chi connectivity index (χ0v) is 12.9. The molecule has 0 heterocycles. The van der Waals surface area contributed by atoms with Crippen molar-refractivity contribution >= 4 is 16.9 Å². The standard InChI is InChI=1S/C19H20OS/c1-2-9-18(14-16-10-5-3-6-11-16)19(20)21-15-17-12-7-4-8-13-17/h2-8,10-13,18H,1,9,14-15H2/t18-/m0/s1. The summed E-state index contributed by atoms with van der Waals surface area (Å²) in [4.78, 5) is 12.4. The van der Waals surface area contributed by atoms with Crippen LogP contribution in [0.3, 0.4) is 0 Å². The van der Waals surface area contributed by atoms with Crippen molar-refractivity contribution in [2.75, 3.05) is 0 Å². The van der Waals surface area contributed by atoms with Crippen LogP contribution in [0.5, 0.6) is 0 Å². The Balaban J connectivity index is 1.94. The van der Waals surface area contributed by atoms with Crippen LogP contribution in [0.15, 0.2) is 73.3 Å². The molecule has 0 N–H and O–H groups in total. The van der Waals surface area contributed by atoms with Gasteiger partial charge in [0.2, 0.25) is 0 Å². The summed E-state index contributed by atoms with van der Waals surface area (Å²) in [5.41, 5.74) is 2.39. The van der Waals surface area contributed by atoms with Gasteiger partial charge in [-0.25, -0.2) is 0 Å². The van der Waals surface area contributed by atoms with E-state index in [0.717, 1.165) is 18.6 Å². The Kier molecular flexibility index (Phi) is 6.29. The molecule has 2 rings (SSSR count). The molecule has 0 unspecified atom stereocenters. The number of hydrogen-bond acceptors (Lipinski definition) is 2. The van der Waals surface area contributed by atoms with Crippen LogP contribution in [0.1, 0.15) is 17.5 Å². The molecule has 0 spiro atoms. The third kappa shape index (κ3) is 5.24.